The highest BCUT2D eigenvalue weighted by atomic mass is 16.5. The summed E-state index contributed by atoms with van der Waals surface area (Å²) in [6, 6.07) is 18.8. The van der Waals surface area contributed by atoms with Crippen LogP contribution in [-0.4, -0.2) is 61.2 Å². The van der Waals surface area contributed by atoms with Gasteiger partial charge in [0.15, 0.2) is 11.7 Å². The van der Waals surface area contributed by atoms with Gasteiger partial charge in [-0.3, -0.25) is 20.4 Å². The van der Waals surface area contributed by atoms with Crippen LogP contribution in [0.3, 0.4) is 0 Å². The number of morpholine rings is 1. The highest BCUT2D eigenvalue weighted by Crippen LogP contribution is 2.15. The molecule has 3 aromatic rings. The molecule has 3 N–H and O–H groups in total. The van der Waals surface area contributed by atoms with Gasteiger partial charge >= 0.3 is 0 Å². The van der Waals surface area contributed by atoms with Crippen LogP contribution in [0, 0.1) is 5.41 Å². The Labute approximate surface area is 193 Å². The number of rotatable bonds is 9. The largest absolute Gasteiger partial charge is 0.379 e. The summed E-state index contributed by atoms with van der Waals surface area (Å²) in [7, 11) is 0. The monoisotopic (exact) mass is 447 g/mol. The fourth-order valence-electron chi connectivity index (χ4n) is 3.72. The maximum Gasteiger partial charge on any atom is 0.231 e. The molecule has 0 atom stereocenters. The van der Waals surface area contributed by atoms with Crippen LogP contribution in [0.4, 0.5) is 5.88 Å². The number of carbonyl (C=O) groups excluding carboxylic acids is 1. The highest BCUT2D eigenvalue weighted by Gasteiger charge is 2.12. The Kier molecular flexibility index (Phi) is 7.84. The number of hydrogen-bond donors (Lipinski definition) is 3. The van der Waals surface area contributed by atoms with Gasteiger partial charge in [0.2, 0.25) is 5.88 Å². The van der Waals surface area contributed by atoms with Gasteiger partial charge in [-0.2, -0.15) is 0 Å². The number of benzene rings is 2. The van der Waals surface area contributed by atoms with Crippen LogP contribution in [0.25, 0.3) is 0 Å². The summed E-state index contributed by atoms with van der Waals surface area (Å²) in [5.74, 6) is 0.630. The minimum absolute atomic E-state index is 0.0185. The van der Waals surface area contributed by atoms with Gasteiger partial charge in [0.05, 0.1) is 18.9 Å². The summed E-state index contributed by atoms with van der Waals surface area (Å²) >= 11 is 0. The van der Waals surface area contributed by atoms with Crippen LogP contribution in [0.2, 0.25) is 0 Å². The van der Waals surface area contributed by atoms with E-state index in [2.05, 4.69) is 20.7 Å². The van der Waals surface area contributed by atoms with Gasteiger partial charge in [0.25, 0.3) is 0 Å². The summed E-state index contributed by atoms with van der Waals surface area (Å²) < 4.78 is 10.7. The fraction of sp³-hybridized carbons (Fsp3) is 0.320. The van der Waals surface area contributed by atoms with Crippen molar-refractivity contribution in [1.82, 2.24) is 15.4 Å². The molecule has 8 heteroatoms. The average Bonchev–Trinajstić information content (AvgIpc) is 3.31. The highest BCUT2D eigenvalue weighted by molar-refractivity contribution is 6.09. The second-order valence-electron chi connectivity index (χ2n) is 7.96. The van der Waals surface area contributed by atoms with Crippen LogP contribution < -0.4 is 10.6 Å². The van der Waals surface area contributed by atoms with Gasteiger partial charge in [-0.05, 0) is 24.5 Å². The maximum atomic E-state index is 12.7. The van der Waals surface area contributed by atoms with Crippen LogP contribution in [0.1, 0.15) is 27.2 Å². The van der Waals surface area contributed by atoms with E-state index < -0.39 is 0 Å². The molecule has 0 unspecified atom stereocenters. The molecule has 4 rings (SSSR count). The van der Waals surface area contributed by atoms with Crippen LogP contribution in [-0.2, 0) is 17.6 Å². The molecule has 2 aromatic carbocycles. The van der Waals surface area contributed by atoms with E-state index in [0.717, 1.165) is 50.5 Å². The van der Waals surface area contributed by atoms with Gasteiger partial charge in [-0.1, -0.05) is 53.7 Å². The van der Waals surface area contributed by atoms with Gasteiger partial charge in [0.1, 0.15) is 0 Å². The predicted molar refractivity (Wildman–Crippen MR) is 127 cm³/mol. The number of ether oxygens (including phenoxy) is 1. The van der Waals surface area contributed by atoms with E-state index in [9.17, 15) is 4.79 Å². The molecular formula is C25H29N5O3. The topological polar surface area (TPSA) is 103 Å². The summed E-state index contributed by atoms with van der Waals surface area (Å²) in [6.07, 6.45) is 1.41. The molecule has 1 fully saturated rings. The summed E-state index contributed by atoms with van der Waals surface area (Å²) in [5.41, 5.74) is 3.21. The van der Waals surface area contributed by atoms with Gasteiger partial charge in [0, 0.05) is 43.4 Å². The van der Waals surface area contributed by atoms with Crippen molar-refractivity contribution >= 4 is 17.6 Å². The first-order valence-corrected chi connectivity index (χ1v) is 11.2. The van der Waals surface area contributed by atoms with E-state index in [1.807, 2.05) is 54.6 Å². The van der Waals surface area contributed by atoms with E-state index in [-0.39, 0.29) is 11.7 Å². The van der Waals surface area contributed by atoms with E-state index in [0.29, 0.717) is 30.0 Å². The number of anilines is 1. The van der Waals surface area contributed by atoms with Crippen LogP contribution in [0.15, 0.2) is 65.2 Å². The summed E-state index contributed by atoms with van der Waals surface area (Å²) in [6.45, 7) is 4.93. The quantitative estimate of drug-likeness (QED) is 0.263. The molecule has 1 aromatic heterocycles. The molecule has 8 nitrogen and oxygen atoms in total. The molecule has 1 aliphatic rings. The third-order valence-electron chi connectivity index (χ3n) is 5.54. The first-order chi connectivity index (χ1) is 16.2. The van der Waals surface area contributed by atoms with Crippen molar-refractivity contribution < 1.29 is 14.1 Å². The summed E-state index contributed by atoms with van der Waals surface area (Å²) in [5, 5.41) is 18.1. The second kappa shape index (κ2) is 11.4. The molecule has 0 amide bonds. The molecule has 1 saturated heterocycles. The molecule has 33 heavy (non-hydrogen) atoms. The Morgan fingerprint density at radius 2 is 1.79 bits per heavy atom. The van der Waals surface area contributed by atoms with E-state index >= 15 is 0 Å². The second-order valence-corrected chi connectivity index (χ2v) is 7.96. The Morgan fingerprint density at radius 3 is 2.61 bits per heavy atom. The Morgan fingerprint density at radius 1 is 1.00 bits per heavy atom. The van der Waals surface area contributed by atoms with Crippen molar-refractivity contribution in [3.05, 3.63) is 83.0 Å². The number of ketones is 1. The van der Waals surface area contributed by atoms with Crippen molar-refractivity contribution in [2.75, 3.05) is 44.7 Å². The molecule has 0 aliphatic carbocycles. The van der Waals surface area contributed by atoms with E-state index in [1.54, 1.807) is 6.07 Å². The number of carbonyl (C=O) groups is 1. The minimum atomic E-state index is 0.0185. The molecule has 172 valence electrons. The van der Waals surface area contributed by atoms with Gasteiger partial charge in [-0.15, -0.1) is 0 Å². The Hall–Kier alpha value is -3.49. The number of nitrogens with zero attached hydrogens (tertiary/aromatic N) is 2. The molecule has 0 saturated carbocycles. The predicted octanol–water partition coefficient (Wildman–Crippen LogP) is 2.96. The third-order valence-corrected chi connectivity index (χ3v) is 5.54. The van der Waals surface area contributed by atoms with Crippen LogP contribution in [0.5, 0.6) is 0 Å². The first-order valence-electron chi connectivity index (χ1n) is 11.2. The van der Waals surface area contributed by atoms with Gasteiger partial charge < -0.3 is 14.6 Å². The zero-order valence-corrected chi connectivity index (χ0v) is 18.5. The molecule has 2 heterocycles. The number of nitrogens with one attached hydrogen (secondary N) is 3. The molecule has 1 aliphatic heterocycles. The molecule has 0 spiro atoms. The number of aryl methyl sites for hydroxylation is 2. The SMILES string of the molecule is N=C(NCCN1CCOCC1)Nc1cc(CCc2cccc(C(=O)c3ccccc3)c2)no1. The normalized spacial score (nSPS) is 14.1. The van der Waals surface area contributed by atoms with Crippen molar-refractivity contribution in [3.63, 3.8) is 0 Å². The summed E-state index contributed by atoms with van der Waals surface area (Å²) in [4.78, 5) is 15.0. The lowest BCUT2D eigenvalue weighted by atomic mass is 9.99. The van der Waals surface area contributed by atoms with Gasteiger partial charge in [-0.25, -0.2) is 0 Å². The zero-order valence-electron chi connectivity index (χ0n) is 18.5. The van der Waals surface area contributed by atoms with Crippen molar-refractivity contribution in [1.29, 1.82) is 5.41 Å². The third kappa shape index (κ3) is 6.74. The standard InChI is InChI=1S/C25H29N5O3/c26-25(27-11-12-30-13-15-32-16-14-30)28-23-18-22(29-33-23)10-9-19-5-4-8-21(17-19)24(31)20-6-2-1-3-7-20/h1-8,17-18H,9-16H2,(H3,26,27,28). The molecule has 0 bridgehead atoms. The maximum absolute atomic E-state index is 12.7. The van der Waals surface area contributed by atoms with E-state index in [1.165, 1.54) is 0 Å². The average molecular weight is 448 g/mol. The zero-order chi connectivity index (χ0) is 22.9. The number of aromatic nitrogens is 1. The lowest BCUT2D eigenvalue weighted by molar-refractivity contribution is 0.0389. The fourth-order valence-corrected chi connectivity index (χ4v) is 3.72. The smallest absolute Gasteiger partial charge is 0.231 e. The van der Waals surface area contributed by atoms with Crippen LogP contribution >= 0.6 is 0 Å². The lowest BCUT2D eigenvalue weighted by Gasteiger charge is -2.26. The number of guanidine groups is 1. The number of hydrogen-bond acceptors (Lipinski definition) is 6. The van der Waals surface area contributed by atoms with Crippen molar-refractivity contribution in [2.24, 2.45) is 0 Å². The van der Waals surface area contributed by atoms with Crippen molar-refractivity contribution in [3.8, 4) is 0 Å². The minimum Gasteiger partial charge on any atom is -0.379 e. The first kappa shape index (κ1) is 22.7. The Bertz CT molecular complexity index is 1060. The lowest BCUT2D eigenvalue weighted by Crippen LogP contribution is -2.42. The van der Waals surface area contributed by atoms with E-state index in [4.69, 9.17) is 14.7 Å². The molecular weight excluding hydrogens is 418 g/mol. The Balaban J connectivity index is 1.23. The molecule has 0 radical (unpaired) electrons. The van der Waals surface area contributed by atoms with Crippen molar-refractivity contribution in [2.45, 2.75) is 12.8 Å².